The van der Waals surface area contributed by atoms with Gasteiger partial charge in [0.1, 0.15) is 0 Å². The molecular formula is C22H44O3Ti3. The first-order chi connectivity index (χ1) is 12.3. The van der Waals surface area contributed by atoms with E-state index in [0.29, 0.717) is 13.0 Å². The van der Waals surface area contributed by atoms with Crippen LogP contribution in [0, 0.1) is 0 Å². The quantitative estimate of drug-likeness (QED) is 0.0751. The van der Waals surface area contributed by atoms with Crippen LogP contribution in [0.1, 0.15) is 129 Å². The Morgan fingerprint density at radius 1 is 0.536 bits per heavy atom. The maximum atomic E-state index is 11.4. The summed E-state index contributed by atoms with van der Waals surface area (Å²) < 4.78 is 0. The van der Waals surface area contributed by atoms with Gasteiger partial charge in [-0.05, 0) is 12.8 Å². The molecule has 0 aromatic rings. The van der Waals surface area contributed by atoms with Gasteiger partial charge in [0.25, 0.3) is 0 Å². The molecule has 0 fully saturated rings. The van der Waals surface area contributed by atoms with Crippen LogP contribution in [-0.4, -0.2) is 12.6 Å². The Bertz CT molecular complexity index is 280. The molecule has 0 atom stereocenters. The topological polar surface area (TPSA) is 35.5 Å². The molecule has 0 aromatic carbocycles. The summed E-state index contributed by atoms with van der Waals surface area (Å²) in [6.45, 7) is 4.88. The van der Waals surface area contributed by atoms with Crippen molar-refractivity contribution >= 4 is 5.97 Å². The van der Waals surface area contributed by atoms with Crippen LogP contribution in [0.5, 0.6) is 0 Å². The molecule has 28 heavy (non-hydrogen) atoms. The molecule has 3 nitrogen and oxygen atoms in total. The standard InChI is InChI=1S/C22H44O3.3Ti/c1-3-5-7-8-9-10-11-12-13-14-15-16-17-18-19-20-22(23)25-24-21-6-4-2;;;/h3-21H2,1-2H3;;;. The van der Waals surface area contributed by atoms with Crippen LogP contribution in [0.4, 0.5) is 0 Å². The Balaban J connectivity index is -0.000000960. The molecule has 0 aromatic heterocycles. The van der Waals surface area contributed by atoms with Gasteiger partial charge in [-0.25, -0.2) is 4.79 Å². The van der Waals surface area contributed by atoms with Crippen molar-refractivity contribution in [3.8, 4) is 0 Å². The van der Waals surface area contributed by atoms with Crippen LogP contribution in [0.15, 0.2) is 0 Å². The number of unbranched alkanes of at least 4 members (excludes halogenated alkanes) is 15. The SMILES string of the molecule is CCCCCCCCCCCCCCCCCC(=O)OOCCCC.[Ti].[Ti].[Ti]. The van der Waals surface area contributed by atoms with Gasteiger partial charge in [0, 0.05) is 71.6 Å². The van der Waals surface area contributed by atoms with Crippen molar-refractivity contribution in [1.82, 2.24) is 0 Å². The first kappa shape index (κ1) is 36.9. The molecule has 0 aliphatic rings. The van der Waals surface area contributed by atoms with Crippen LogP contribution < -0.4 is 0 Å². The fourth-order valence-corrected chi connectivity index (χ4v) is 2.99. The molecule has 0 saturated heterocycles. The molecule has 0 heterocycles. The van der Waals surface area contributed by atoms with Gasteiger partial charge in [-0.15, -0.1) is 0 Å². The minimum absolute atomic E-state index is 0. The van der Waals surface area contributed by atoms with E-state index in [1.165, 1.54) is 83.5 Å². The van der Waals surface area contributed by atoms with Crippen LogP contribution >= 0.6 is 0 Å². The molecule has 0 aliphatic heterocycles. The van der Waals surface area contributed by atoms with Crippen molar-refractivity contribution in [2.24, 2.45) is 0 Å². The maximum Gasteiger partial charge on any atom is 0.342 e. The van der Waals surface area contributed by atoms with Crippen molar-refractivity contribution in [3.63, 3.8) is 0 Å². The number of rotatable bonds is 20. The van der Waals surface area contributed by atoms with Crippen LogP contribution in [0.3, 0.4) is 0 Å². The Morgan fingerprint density at radius 3 is 1.29 bits per heavy atom. The van der Waals surface area contributed by atoms with E-state index in [1.807, 2.05) is 0 Å². The molecular weight excluding hydrogens is 456 g/mol. The van der Waals surface area contributed by atoms with Gasteiger partial charge in [-0.3, -0.25) is 4.89 Å². The minimum Gasteiger partial charge on any atom is -0.298 e. The molecule has 0 N–H and O–H groups in total. The summed E-state index contributed by atoms with van der Waals surface area (Å²) in [6, 6.07) is 0. The smallest absolute Gasteiger partial charge is 0.298 e. The molecule has 162 valence electrons. The summed E-state index contributed by atoms with van der Waals surface area (Å²) in [6.07, 6.45) is 22.5. The molecule has 0 unspecified atom stereocenters. The average Bonchev–Trinajstić information content (AvgIpc) is 2.62. The van der Waals surface area contributed by atoms with Crippen LogP contribution in [0.2, 0.25) is 0 Å². The monoisotopic (exact) mass is 500 g/mol. The zero-order chi connectivity index (χ0) is 18.4. The molecule has 0 saturated carbocycles. The molecule has 0 aliphatic carbocycles. The number of hydrogen-bond acceptors (Lipinski definition) is 3. The third-order valence-corrected chi connectivity index (χ3v) is 4.72. The van der Waals surface area contributed by atoms with E-state index in [4.69, 9.17) is 9.78 Å². The molecule has 0 rings (SSSR count). The van der Waals surface area contributed by atoms with Gasteiger partial charge >= 0.3 is 5.97 Å². The number of hydrogen-bond donors (Lipinski definition) is 0. The largest absolute Gasteiger partial charge is 0.342 e. The van der Waals surface area contributed by atoms with Crippen LogP contribution in [0.25, 0.3) is 0 Å². The van der Waals surface area contributed by atoms with Gasteiger partial charge in [-0.2, -0.15) is 4.89 Å². The summed E-state index contributed by atoms with van der Waals surface area (Å²) >= 11 is 0. The molecule has 0 radical (unpaired) electrons. The fraction of sp³-hybridized carbons (Fsp3) is 0.955. The number of carbonyl (C=O) groups excluding carboxylic acids is 1. The summed E-state index contributed by atoms with van der Waals surface area (Å²) in [5, 5.41) is 0. The first-order valence-corrected chi connectivity index (χ1v) is 11.1. The summed E-state index contributed by atoms with van der Waals surface area (Å²) in [7, 11) is 0. The summed E-state index contributed by atoms with van der Waals surface area (Å²) in [5.74, 6) is -0.217. The zero-order valence-corrected chi connectivity index (χ0v) is 23.3. The van der Waals surface area contributed by atoms with E-state index in [9.17, 15) is 4.79 Å². The van der Waals surface area contributed by atoms with Crippen LogP contribution in [-0.2, 0) is 79.7 Å². The third-order valence-electron chi connectivity index (χ3n) is 4.72. The Labute approximate surface area is 220 Å². The molecule has 0 spiro atoms. The molecule has 6 heteroatoms. The van der Waals surface area contributed by atoms with Gasteiger partial charge < -0.3 is 0 Å². The maximum absolute atomic E-state index is 11.4. The summed E-state index contributed by atoms with van der Waals surface area (Å²) in [4.78, 5) is 21.0. The molecule has 0 amide bonds. The predicted molar refractivity (Wildman–Crippen MR) is 106 cm³/mol. The molecule has 0 bridgehead atoms. The van der Waals surface area contributed by atoms with Gasteiger partial charge in [0.05, 0.1) is 6.61 Å². The Morgan fingerprint density at radius 2 is 0.893 bits per heavy atom. The first-order valence-electron chi connectivity index (χ1n) is 11.1. The van der Waals surface area contributed by atoms with E-state index in [1.54, 1.807) is 0 Å². The average molecular weight is 500 g/mol. The third kappa shape index (κ3) is 32.2. The van der Waals surface area contributed by atoms with E-state index in [0.717, 1.165) is 25.7 Å². The Hall–Kier alpha value is 1.57. The van der Waals surface area contributed by atoms with Crippen molar-refractivity contribution < 1.29 is 79.7 Å². The van der Waals surface area contributed by atoms with Gasteiger partial charge in [0.2, 0.25) is 0 Å². The second kappa shape index (κ2) is 33.2. The van der Waals surface area contributed by atoms with E-state index in [-0.39, 0.29) is 71.1 Å². The fourth-order valence-electron chi connectivity index (χ4n) is 2.99. The second-order valence-electron chi connectivity index (χ2n) is 7.33. The van der Waals surface area contributed by atoms with Crippen molar-refractivity contribution in [1.29, 1.82) is 0 Å². The van der Waals surface area contributed by atoms with E-state index >= 15 is 0 Å². The van der Waals surface area contributed by atoms with Crippen molar-refractivity contribution in [3.05, 3.63) is 0 Å². The van der Waals surface area contributed by atoms with E-state index in [2.05, 4.69) is 13.8 Å². The minimum atomic E-state index is -0.217. The normalized spacial score (nSPS) is 9.79. The number of carbonyl (C=O) groups is 1. The zero-order valence-electron chi connectivity index (χ0n) is 18.7. The summed E-state index contributed by atoms with van der Waals surface area (Å²) in [5.41, 5.74) is 0. The van der Waals surface area contributed by atoms with Gasteiger partial charge in [-0.1, -0.05) is 110 Å². The predicted octanol–water partition coefficient (Wildman–Crippen LogP) is 7.52. The van der Waals surface area contributed by atoms with E-state index < -0.39 is 0 Å². The Kier molecular flexibility index (Phi) is 43.8. The van der Waals surface area contributed by atoms with Crippen molar-refractivity contribution in [2.45, 2.75) is 129 Å². The second-order valence-corrected chi connectivity index (χ2v) is 7.33. The van der Waals surface area contributed by atoms with Gasteiger partial charge in [0.15, 0.2) is 0 Å². The van der Waals surface area contributed by atoms with Crippen molar-refractivity contribution in [2.75, 3.05) is 6.61 Å².